The Morgan fingerprint density at radius 3 is 2.71 bits per heavy atom. The highest BCUT2D eigenvalue weighted by Crippen LogP contribution is 2.33. The molecule has 0 aliphatic carbocycles. The number of nitrogens with two attached hydrogens (primary N) is 1. The zero-order chi connectivity index (χ0) is 14.7. The first kappa shape index (κ1) is 14.0. The van der Waals surface area contributed by atoms with Gasteiger partial charge < -0.3 is 19.6 Å². The second-order valence-corrected chi connectivity index (χ2v) is 5.20. The first-order valence-electron chi connectivity index (χ1n) is 7.09. The van der Waals surface area contributed by atoms with Crippen molar-refractivity contribution in [2.45, 2.75) is 12.6 Å². The Kier molecular flexibility index (Phi) is 4.13. The van der Waals surface area contributed by atoms with Crippen LogP contribution in [0.1, 0.15) is 17.2 Å². The molecule has 5 heteroatoms. The highest BCUT2D eigenvalue weighted by atomic mass is 16.6. The van der Waals surface area contributed by atoms with Gasteiger partial charge in [-0.05, 0) is 30.8 Å². The van der Waals surface area contributed by atoms with Gasteiger partial charge in [0, 0.05) is 24.7 Å². The average Bonchev–Trinajstić information content (AvgIpc) is 3.01. The molecular formula is C16H20N2O3. The Bertz CT molecular complexity index is 583. The molecule has 0 fully saturated rings. The molecule has 1 atom stereocenters. The number of rotatable bonds is 5. The van der Waals surface area contributed by atoms with E-state index in [4.69, 9.17) is 19.6 Å². The molecule has 1 aliphatic rings. The monoisotopic (exact) mass is 288 g/mol. The van der Waals surface area contributed by atoms with E-state index in [0.29, 0.717) is 19.8 Å². The highest BCUT2D eigenvalue weighted by molar-refractivity contribution is 5.44. The second-order valence-electron chi connectivity index (χ2n) is 5.20. The maximum atomic E-state index is 5.97. The molecule has 2 aromatic rings. The van der Waals surface area contributed by atoms with Gasteiger partial charge in [-0.25, -0.2) is 0 Å². The average molecular weight is 288 g/mol. The van der Waals surface area contributed by atoms with Crippen LogP contribution >= 0.6 is 0 Å². The van der Waals surface area contributed by atoms with Crippen LogP contribution in [0.5, 0.6) is 11.5 Å². The van der Waals surface area contributed by atoms with Crippen LogP contribution < -0.4 is 15.2 Å². The van der Waals surface area contributed by atoms with E-state index in [1.54, 1.807) is 12.5 Å². The van der Waals surface area contributed by atoms with Crippen molar-refractivity contribution in [2.24, 2.45) is 5.73 Å². The van der Waals surface area contributed by atoms with Gasteiger partial charge >= 0.3 is 0 Å². The molecule has 0 saturated carbocycles. The highest BCUT2D eigenvalue weighted by Gasteiger charge is 2.19. The SMILES string of the molecule is CN(Cc1ccoc1)C(CN)c1ccc2c(c1)OCCO2. The standard InChI is InChI=1S/C16H20N2O3/c1-18(10-12-4-5-19-11-12)14(9-17)13-2-3-15-16(8-13)21-7-6-20-15/h2-5,8,11,14H,6-7,9-10,17H2,1H3. The summed E-state index contributed by atoms with van der Waals surface area (Å²) in [6.07, 6.45) is 3.44. The lowest BCUT2D eigenvalue weighted by Crippen LogP contribution is -2.30. The summed E-state index contributed by atoms with van der Waals surface area (Å²) in [5.74, 6) is 1.60. The van der Waals surface area contributed by atoms with Crippen LogP contribution in [0.3, 0.4) is 0 Å². The number of ether oxygens (including phenoxy) is 2. The van der Waals surface area contributed by atoms with Crippen LogP contribution in [0, 0.1) is 0 Å². The van der Waals surface area contributed by atoms with E-state index < -0.39 is 0 Å². The zero-order valence-corrected chi connectivity index (χ0v) is 12.1. The molecule has 0 radical (unpaired) electrons. The minimum absolute atomic E-state index is 0.121. The Morgan fingerprint density at radius 1 is 1.19 bits per heavy atom. The van der Waals surface area contributed by atoms with Crippen molar-refractivity contribution in [3.8, 4) is 11.5 Å². The molecule has 5 nitrogen and oxygen atoms in total. The van der Waals surface area contributed by atoms with E-state index in [9.17, 15) is 0 Å². The van der Waals surface area contributed by atoms with E-state index in [2.05, 4.69) is 18.0 Å². The molecule has 21 heavy (non-hydrogen) atoms. The quantitative estimate of drug-likeness (QED) is 0.913. The molecular weight excluding hydrogens is 268 g/mol. The second kappa shape index (κ2) is 6.20. The van der Waals surface area contributed by atoms with Crippen molar-refractivity contribution >= 4 is 0 Å². The normalized spacial score (nSPS) is 15.2. The zero-order valence-electron chi connectivity index (χ0n) is 12.1. The van der Waals surface area contributed by atoms with Gasteiger partial charge in [-0.15, -0.1) is 0 Å². The van der Waals surface area contributed by atoms with Gasteiger partial charge in [0.05, 0.1) is 12.5 Å². The number of hydrogen-bond donors (Lipinski definition) is 1. The predicted molar refractivity (Wildman–Crippen MR) is 79.4 cm³/mol. The van der Waals surface area contributed by atoms with Gasteiger partial charge in [-0.2, -0.15) is 0 Å². The summed E-state index contributed by atoms with van der Waals surface area (Å²) in [5.41, 5.74) is 8.24. The van der Waals surface area contributed by atoms with E-state index >= 15 is 0 Å². The molecule has 2 N–H and O–H groups in total. The fourth-order valence-electron chi connectivity index (χ4n) is 2.62. The van der Waals surface area contributed by atoms with Crippen LogP contribution in [0.25, 0.3) is 0 Å². The molecule has 0 spiro atoms. The van der Waals surface area contributed by atoms with Gasteiger partial charge in [-0.1, -0.05) is 6.07 Å². The molecule has 0 bridgehead atoms. The molecule has 0 amide bonds. The molecule has 1 aromatic heterocycles. The summed E-state index contributed by atoms with van der Waals surface area (Å²) in [7, 11) is 2.06. The van der Waals surface area contributed by atoms with Crippen molar-refractivity contribution in [3.63, 3.8) is 0 Å². The predicted octanol–water partition coefficient (Wildman–Crippen LogP) is 2.18. The third-order valence-corrected chi connectivity index (χ3v) is 3.72. The summed E-state index contributed by atoms with van der Waals surface area (Å²) < 4.78 is 16.3. The van der Waals surface area contributed by atoms with Crippen LogP contribution in [0.2, 0.25) is 0 Å². The number of likely N-dealkylation sites (N-methyl/N-ethyl adjacent to an activating group) is 1. The molecule has 2 heterocycles. The van der Waals surface area contributed by atoms with E-state index in [-0.39, 0.29) is 6.04 Å². The molecule has 3 rings (SSSR count). The van der Waals surface area contributed by atoms with Crippen LogP contribution in [-0.2, 0) is 6.54 Å². The largest absolute Gasteiger partial charge is 0.486 e. The Labute approximate surface area is 124 Å². The van der Waals surface area contributed by atoms with Crippen molar-refractivity contribution in [1.29, 1.82) is 0 Å². The number of furan rings is 1. The number of fused-ring (bicyclic) bond motifs is 1. The van der Waals surface area contributed by atoms with Crippen molar-refractivity contribution in [1.82, 2.24) is 4.90 Å². The number of nitrogens with zero attached hydrogens (tertiary/aromatic N) is 1. The van der Waals surface area contributed by atoms with Crippen molar-refractivity contribution in [3.05, 3.63) is 47.9 Å². The minimum Gasteiger partial charge on any atom is -0.486 e. The Morgan fingerprint density at radius 2 is 2.00 bits per heavy atom. The van der Waals surface area contributed by atoms with E-state index in [0.717, 1.165) is 29.2 Å². The molecule has 0 saturated heterocycles. The molecule has 1 aromatic carbocycles. The Hall–Kier alpha value is -1.98. The summed E-state index contributed by atoms with van der Waals surface area (Å²) >= 11 is 0. The molecule has 1 aliphatic heterocycles. The van der Waals surface area contributed by atoms with Gasteiger partial charge in [0.1, 0.15) is 13.2 Å². The minimum atomic E-state index is 0.121. The van der Waals surface area contributed by atoms with Crippen molar-refractivity contribution in [2.75, 3.05) is 26.8 Å². The third-order valence-electron chi connectivity index (χ3n) is 3.72. The number of hydrogen-bond acceptors (Lipinski definition) is 5. The van der Waals surface area contributed by atoms with Crippen molar-refractivity contribution < 1.29 is 13.9 Å². The van der Waals surface area contributed by atoms with E-state index in [1.165, 1.54) is 0 Å². The molecule has 112 valence electrons. The fourth-order valence-corrected chi connectivity index (χ4v) is 2.62. The van der Waals surface area contributed by atoms with Gasteiger partial charge in [-0.3, -0.25) is 4.90 Å². The maximum absolute atomic E-state index is 5.97. The summed E-state index contributed by atoms with van der Waals surface area (Å²) in [6, 6.07) is 8.12. The summed E-state index contributed by atoms with van der Waals surface area (Å²) in [6.45, 7) is 2.52. The first-order chi connectivity index (χ1) is 10.3. The summed E-state index contributed by atoms with van der Waals surface area (Å²) in [5, 5.41) is 0. The topological polar surface area (TPSA) is 60.9 Å². The van der Waals surface area contributed by atoms with Crippen LogP contribution in [-0.4, -0.2) is 31.7 Å². The lowest BCUT2D eigenvalue weighted by molar-refractivity contribution is 0.170. The fraction of sp³-hybridized carbons (Fsp3) is 0.375. The van der Waals surface area contributed by atoms with Crippen LogP contribution in [0.15, 0.2) is 41.2 Å². The molecule has 1 unspecified atom stereocenters. The van der Waals surface area contributed by atoms with Crippen LogP contribution in [0.4, 0.5) is 0 Å². The lowest BCUT2D eigenvalue weighted by Gasteiger charge is -2.28. The maximum Gasteiger partial charge on any atom is 0.161 e. The van der Waals surface area contributed by atoms with E-state index in [1.807, 2.05) is 18.2 Å². The van der Waals surface area contributed by atoms with Gasteiger partial charge in [0.15, 0.2) is 11.5 Å². The number of benzene rings is 1. The smallest absolute Gasteiger partial charge is 0.161 e. The Balaban J connectivity index is 1.79. The van der Waals surface area contributed by atoms with Gasteiger partial charge in [0.25, 0.3) is 0 Å². The lowest BCUT2D eigenvalue weighted by atomic mass is 10.0. The van der Waals surface area contributed by atoms with Gasteiger partial charge in [0.2, 0.25) is 0 Å². The third kappa shape index (κ3) is 3.04. The first-order valence-corrected chi connectivity index (χ1v) is 7.09. The summed E-state index contributed by atoms with van der Waals surface area (Å²) in [4.78, 5) is 2.20.